The summed E-state index contributed by atoms with van der Waals surface area (Å²) in [6.45, 7) is 3.31. The summed E-state index contributed by atoms with van der Waals surface area (Å²) >= 11 is 1.25. The number of thiazole rings is 1. The lowest BCUT2D eigenvalue weighted by Gasteiger charge is -2.14. The first-order valence-electron chi connectivity index (χ1n) is 11.8. The molecule has 0 aliphatic carbocycles. The second-order valence-corrected chi connectivity index (χ2v) is 9.58. The summed E-state index contributed by atoms with van der Waals surface area (Å²) < 4.78 is 30.7. The van der Waals surface area contributed by atoms with Gasteiger partial charge in [0.15, 0.2) is 5.82 Å². The van der Waals surface area contributed by atoms with Crippen LogP contribution in [0.1, 0.15) is 23.0 Å². The van der Waals surface area contributed by atoms with E-state index in [2.05, 4.69) is 30.2 Å². The van der Waals surface area contributed by atoms with Gasteiger partial charge in [0.25, 0.3) is 5.88 Å². The van der Waals surface area contributed by atoms with Crippen LogP contribution in [0.4, 0.5) is 14.9 Å². The highest BCUT2D eigenvalue weighted by molar-refractivity contribution is 7.21. The molecule has 5 aromatic rings. The highest BCUT2D eigenvalue weighted by atomic mass is 32.1. The molecule has 0 spiro atoms. The Morgan fingerprint density at radius 1 is 1.10 bits per heavy atom. The zero-order chi connectivity index (χ0) is 28.4. The van der Waals surface area contributed by atoms with Gasteiger partial charge in [-0.3, -0.25) is 5.32 Å². The Balaban J connectivity index is 1.28. The largest absolute Gasteiger partial charge is 0.480 e. The number of carbonyl (C=O) groups is 2. The summed E-state index contributed by atoms with van der Waals surface area (Å²) in [5.41, 5.74) is 3.38. The van der Waals surface area contributed by atoms with E-state index in [4.69, 9.17) is 19.3 Å². The average molecular weight is 565 g/mol. The first kappa shape index (κ1) is 26.6. The highest BCUT2D eigenvalue weighted by Gasteiger charge is 2.18. The van der Waals surface area contributed by atoms with Crippen molar-refractivity contribution in [1.29, 1.82) is 0 Å². The number of anilines is 1. The van der Waals surface area contributed by atoms with Crippen LogP contribution in [0.25, 0.3) is 32.0 Å². The number of carbonyl (C=O) groups excluding carboxylic acids is 1. The minimum atomic E-state index is -1.19. The quantitative estimate of drug-likeness (QED) is 0.265. The average Bonchev–Trinajstić information content (AvgIpc) is 3.33. The first-order chi connectivity index (χ1) is 19.2. The molecule has 0 saturated carbocycles. The third kappa shape index (κ3) is 5.71. The van der Waals surface area contributed by atoms with E-state index in [0.717, 1.165) is 11.1 Å². The number of aromatic carboxylic acids is 1. The van der Waals surface area contributed by atoms with Crippen molar-refractivity contribution in [2.45, 2.75) is 20.0 Å². The monoisotopic (exact) mass is 564 g/mol. The number of fused-ring (bicyclic) bond motifs is 2. The van der Waals surface area contributed by atoms with E-state index in [0.29, 0.717) is 32.3 Å². The van der Waals surface area contributed by atoms with Gasteiger partial charge in [-0.05, 0) is 43.7 Å². The van der Waals surface area contributed by atoms with Crippen LogP contribution >= 0.6 is 11.3 Å². The molecule has 2 N–H and O–H groups in total. The van der Waals surface area contributed by atoms with E-state index in [1.807, 2.05) is 19.1 Å². The molecule has 14 heteroatoms. The van der Waals surface area contributed by atoms with Crippen molar-refractivity contribution in [1.82, 2.24) is 24.9 Å². The number of carboxylic acids is 1. The summed E-state index contributed by atoms with van der Waals surface area (Å²) in [4.78, 5) is 44.9. The van der Waals surface area contributed by atoms with Crippen molar-refractivity contribution >= 4 is 50.5 Å². The fourth-order valence-corrected chi connectivity index (χ4v) is 4.64. The van der Waals surface area contributed by atoms with Crippen molar-refractivity contribution in [3.63, 3.8) is 0 Å². The Labute approximate surface area is 229 Å². The van der Waals surface area contributed by atoms with Gasteiger partial charge in [-0.15, -0.1) is 0 Å². The van der Waals surface area contributed by atoms with Crippen molar-refractivity contribution in [3.05, 3.63) is 59.8 Å². The minimum absolute atomic E-state index is 0.165. The predicted octanol–water partition coefficient (Wildman–Crippen LogP) is 4.87. The molecule has 0 bridgehead atoms. The van der Waals surface area contributed by atoms with Gasteiger partial charge in [0.1, 0.15) is 33.8 Å². The van der Waals surface area contributed by atoms with Crippen LogP contribution in [-0.2, 0) is 4.74 Å². The number of amides is 1. The number of benzene rings is 1. The lowest BCUT2D eigenvalue weighted by molar-refractivity contribution is 0.0690. The number of ether oxygens (including phenoxy) is 3. The van der Waals surface area contributed by atoms with Crippen LogP contribution < -0.4 is 14.8 Å². The maximum Gasteiger partial charge on any atom is 0.412 e. The number of nitrogens with zero attached hydrogens (tertiary/aromatic N) is 5. The number of aromatic nitrogens is 5. The lowest BCUT2D eigenvalue weighted by Crippen LogP contribution is -2.25. The molecule has 1 amide bonds. The molecule has 1 atom stereocenters. The molecule has 0 aliphatic heterocycles. The number of methoxy groups -OCH3 is 1. The Morgan fingerprint density at radius 3 is 2.65 bits per heavy atom. The fraction of sp³-hybridized carbons (Fsp3) is 0.192. The van der Waals surface area contributed by atoms with Crippen molar-refractivity contribution in [3.8, 4) is 22.3 Å². The highest BCUT2D eigenvalue weighted by Crippen LogP contribution is 2.35. The van der Waals surface area contributed by atoms with Crippen LogP contribution in [0.15, 0.2) is 42.7 Å². The number of nitrogens with one attached hydrogen (secondary N) is 1. The number of rotatable bonds is 8. The number of hydrogen-bond donors (Lipinski definition) is 2. The smallest absolute Gasteiger partial charge is 0.412 e. The standard InChI is InChI=1S/C26H21FN6O6S/c1-12-6-15(21-18(7-12)31-20(37-3)10-29-21)23-32-19-8-16(27)22(33-24(19)40-23)38-11-13(2)39-26(36)30-14-4-5-17(25(34)35)28-9-14/h4-10,13H,11H2,1-3H3,(H,30,36)(H,34,35). The number of halogens is 1. The second-order valence-electron chi connectivity index (χ2n) is 8.60. The Kier molecular flexibility index (Phi) is 7.33. The van der Waals surface area contributed by atoms with Crippen molar-refractivity contribution in [2.75, 3.05) is 19.0 Å². The van der Waals surface area contributed by atoms with Gasteiger partial charge in [0, 0.05) is 11.6 Å². The molecule has 12 nitrogen and oxygen atoms in total. The molecule has 4 aromatic heterocycles. The van der Waals surface area contributed by atoms with Crippen LogP contribution in [0, 0.1) is 12.7 Å². The Hall–Kier alpha value is -4.98. The summed E-state index contributed by atoms with van der Waals surface area (Å²) in [5, 5.41) is 11.9. The molecule has 1 unspecified atom stereocenters. The molecule has 0 aliphatic rings. The van der Waals surface area contributed by atoms with Crippen LogP contribution in [-0.4, -0.2) is 61.9 Å². The van der Waals surface area contributed by atoms with E-state index in [1.165, 1.54) is 49.0 Å². The van der Waals surface area contributed by atoms with E-state index < -0.39 is 24.0 Å². The molecule has 1 aromatic carbocycles. The van der Waals surface area contributed by atoms with Crippen LogP contribution in [0.2, 0.25) is 0 Å². The van der Waals surface area contributed by atoms with E-state index >= 15 is 0 Å². The fourth-order valence-electron chi connectivity index (χ4n) is 3.71. The molecule has 5 rings (SSSR count). The predicted molar refractivity (Wildman–Crippen MR) is 143 cm³/mol. The zero-order valence-corrected chi connectivity index (χ0v) is 22.2. The minimum Gasteiger partial charge on any atom is -0.480 e. The zero-order valence-electron chi connectivity index (χ0n) is 21.3. The number of hydrogen-bond acceptors (Lipinski definition) is 11. The van der Waals surface area contributed by atoms with Crippen molar-refractivity contribution in [2.24, 2.45) is 0 Å². The van der Waals surface area contributed by atoms with Crippen LogP contribution in [0.5, 0.6) is 11.8 Å². The van der Waals surface area contributed by atoms with E-state index in [9.17, 15) is 14.0 Å². The number of aryl methyl sites for hydroxylation is 1. The summed E-state index contributed by atoms with van der Waals surface area (Å²) in [6, 6.07) is 7.67. The van der Waals surface area contributed by atoms with Gasteiger partial charge in [-0.1, -0.05) is 11.3 Å². The van der Waals surface area contributed by atoms with Crippen LogP contribution in [0.3, 0.4) is 0 Å². The first-order valence-corrected chi connectivity index (χ1v) is 12.6. The van der Waals surface area contributed by atoms with Gasteiger partial charge in [-0.25, -0.2) is 33.9 Å². The van der Waals surface area contributed by atoms with Gasteiger partial charge < -0.3 is 19.3 Å². The van der Waals surface area contributed by atoms with Gasteiger partial charge in [-0.2, -0.15) is 4.98 Å². The molecule has 40 heavy (non-hydrogen) atoms. The van der Waals surface area contributed by atoms with Gasteiger partial charge >= 0.3 is 12.1 Å². The van der Waals surface area contributed by atoms with Gasteiger partial charge in [0.2, 0.25) is 5.88 Å². The topological polar surface area (TPSA) is 159 Å². The molecule has 0 radical (unpaired) electrons. The number of pyridine rings is 2. The van der Waals surface area contributed by atoms with E-state index in [-0.39, 0.29) is 23.9 Å². The van der Waals surface area contributed by atoms with Gasteiger partial charge in [0.05, 0.1) is 36.2 Å². The number of carboxylic acid groups (broad SMARTS) is 1. The molecule has 0 saturated heterocycles. The maximum absolute atomic E-state index is 14.8. The Morgan fingerprint density at radius 2 is 1.93 bits per heavy atom. The molecule has 4 heterocycles. The molecule has 0 fully saturated rings. The maximum atomic E-state index is 14.8. The molecular formula is C26H21FN6O6S. The summed E-state index contributed by atoms with van der Waals surface area (Å²) in [6.07, 6.45) is 1.12. The lowest BCUT2D eigenvalue weighted by atomic mass is 10.1. The molecular weight excluding hydrogens is 543 g/mol. The normalized spacial score (nSPS) is 11.8. The Bertz CT molecular complexity index is 1750. The molecule has 204 valence electrons. The second kappa shape index (κ2) is 11.0. The SMILES string of the molecule is COc1cnc2c(-c3nc4cc(F)c(OCC(C)OC(=O)Nc5ccc(C(=O)O)nc5)nc4s3)cc(C)cc2n1. The summed E-state index contributed by atoms with van der Waals surface area (Å²) in [7, 11) is 1.52. The summed E-state index contributed by atoms with van der Waals surface area (Å²) in [5.74, 6) is -1.77. The van der Waals surface area contributed by atoms with E-state index in [1.54, 1.807) is 6.92 Å². The third-order valence-corrected chi connectivity index (χ3v) is 6.50. The third-order valence-electron chi connectivity index (χ3n) is 5.51. The van der Waals surface area contributed by atoms with Crippen molar-refractivity contribution < 1.29 is 33.3 Å².